The Kier molecular flexibility index (Phi) is 6.06. The summed E-state index contributed by atoms with van der Waals surface area (Å²) in [5.74, 6) is -1.02. The highest BCUT2D eigenvalue weighted by Gasteiger charge is 2.09. The largest absolute Gasteiger partial charge is 0.366 e. The smallest absolute Gasteiger partial charge is 0.250 e. The number of amides is 2. The molecule has 0 heterocycles. The second-order valence-electron chi connectivity index (χ2n) is 4.71. The Balaban J connectivity index is 1.99. The van der Waals surface area contributed by atoms with Gasteiger partial charge in [-0.25, -0.2) is 0 Å². The van der Waals surface area contributed by atoms with E-state index in [1.165, 1.54) is 6.08 Å². The zero-order valence-corrected chi connectivity index (χ0v) is 14.0. The Labute approximate surface area is 149 Å². The van der Waals surface area contributed by atoms with Crippen molar-refractivity contribution in [3.63, 3.8) is 0 Å². The van der Waals surface area contributed by atoms with Crippen LogP contribution in [0.25, 0.3) is 6.08 Å². The van der Waals surface area contributed by atoms with Gasteiger partial charge in [-0.2, -0.15) is 0 Å². The molecule has 7 heteroatoms. The minimum atomic E-state index is -0.592. The van der Waals surface area contributed by atoms with Crippen molar-refractivity contribution in [2.75, 3.05) is 5.32 Å². The molecule has 0 saturated carbocycles. The van der Waals surface area contributed by atoms with Crippen LogP contribution >= 0.6 is 23.8 Å². The maximum absolute atomic E-state index is 11.9. The van der Waals surface area contributed by atoms with E-state index in [2.05, 4.69) is 10.6 Å². The maximum Gasteiger partial charge on any atom is 0.250 e. The van der Waals surface area contributed by atoms with Crippen LogP contribution in [0.2, 0.25) is 5.02 Å². The van der Waals surface area contributed by atoms with Crippen LogP contribution in [0.4, 0.5) is 5.69 Å². The molecule has 0 spiro atoms. The molecule has 0 radical (unpaired) electrons. The summed E-state index contributed by atoms with van der Waals surface area (Å²) >= 11 is 11.1. The van der Waals surface area contributed by atoms with Gasteiger partial charge in [-0.15, -0.1) is 0 Å². The Morgan fingerprint density at radius 1 is 1.08 bits per heavy atom. The van der Waals surface area contributed by atoms with E-state index in [1.807, 2.05) is 6.07 Å². The SMILES string of the molecule is NC(=O)c1ccccc1NC(=S)NC(=O)/C=C/c1ccccc1Cl. The number of primary amides is 1. The number of hydrogen-bond donors (Lipinski definition) is 3. The van der Waals surface area contributed by atoms with Gasteiger partial charge >= 0.3 is 0 Å². The van der Waals surface area contributed by atoms with E-state index < -0.39 is 11.8 Å². The predicted octanol–water partition coefficient (Wildman–Crippen LogP) is 2.97. The van der Waals surface area contributed by atoms with Crippen molar-refractivity contribution in [1.82, 2.24) is 5.32 Å². The fourth-order valence-corrected chi connectivity index (χ4v) is 2.30. The Bertz CT molecular complexity index is 821. The molecule has 0 bridgehead atoms. The number of anilines is 1. The van der Waals surface area contributed by atoms with Crippen molar-refractivity contribution in [2.45, 2.75) is 0 Å². The lowest BCUT2D eigenvalue weighted by molar-refractivity contribution is -0.115. The van der Waals surface area contributed by atoms with Gasteiger partial charge < -0.3 is 11.1 Å². The molecule has 0 atom stereocenters. The Hall–Kier alpha value is -2.70. The molecule has 0 aromatic heterocycles. The van der Waals surface area contributed by atoms with Crippen LogP contribution < -0.4 is 16.4 Å². The first-order valence-corrected chi connectivity index (χ1v) is 7.69. The highest BCUT2D eigenvalue weighted by molar-refractivity contribution is 7.80. The van der Waals surface area contributed by atoms with Crippen LogP contribution in [-0.4, -0.2) is 16.9 Å². The summed E-state index contributed by atoms with van der Waals surface area (Å²) in [7, 11) is 0. The van der Waals surface area contributed by atoms with Gasteiger partial charge in [0.2, 0.25) is 5.91 Å². The second kappa shape index (κ2) is 8.24. The number of hydrogen-bond acceptors (Lipinski definition) is 3. The van der Waals surface area contributed by atoms with Gasteiger partial charge in [-0.05, 0) is 42.1 Å². The third kappa shape index (κ3) is 4.91. The molecule has 0 aliphatic heterocycles. The molecule has 0 fully saturated rings. The van der Waals surface area contributed by atoms with Gasteiger partial charge in [0.1, 0.15) is 0 Å². The molecule has 2 aromatic rings. The minimum Gasteiger partial charge on any atom is -0.366 e. The lowest BCUT2D eigenvalue weighted by atomic mass is 10.1. The van der Waals surface area contributed by atoms with Crippen molar-refractivity contribution in [1.29, 1.82) is 0 Å². The first kappa shape index (κ1) is 17.7. The summed E-state index contributed by atoms with van der Waals surface area (Å²) in [6, 6.07) is 13.7. The van der Waals surface area contributed by atoms with E-state index in [0.29, 0.717) is 16.3 Å². The molecule has 2 rings (SSSR count). The molecule has 0 aliphatic rings. The molecular formula is C17H14ClN3O2S. The monoisotopic (exact) mass is 359 g/mol. The maximum atomic E-state index is 11.9. The summed E-state index contributed by atoms with van der Waals surface area (Å²) in [5, 5.41) is 5.85. The van der Waals surface area contributed by atoms with Crippen molar-refractivity contribution >= 4 is 52.5 Å². The van der Waals surface area contributed by atoms with Crippen LogP contribution in [-0.2, 0) is 4.79 Å². The van der Waals surface area contributed by atoms with E-state index in [-0.39, 0.29) is 10.7 Å². The van der Waals surface area contributed by atoms with Gasteiger partial charge in [0, 0.05) is 11.1 Å². The first-order valence-electron chi connectivity index (χ1n) is 6.91. The molecule has 4 N–H and O–H groups in total. The third-order valence-electron chi connectivity index (χ3n) is 3.00. The highest BCUT2D eigenvalue weighted by atomic mass is 35.5. The highest BCUT2D eigenvalue weighted by Crippen LogP contribution is 2.16. The summed E-state index contributed by atoms with van der Waals surface area (Å²) in [4.78, 5) is 23.2. The number of para-hydroxylation sites is 1. The normalized spacial score (nSPS) is 10.4. The van der Waals surface area contributed by atoms with Gasteiger partial charge in [0.15, 0.2) is 5.11 Å². The summed E-state index contributed by atoms with van der Waals surface area (Å²) in [6.07, 6.45) is 2.90. The third-order valence-corrected chi connectivity index (χ3v) is 3.55. The number of benzene rings is 2. The quantitative estimate of drug-likeness (QED) is 0.579. The van der Waals surface area contributed by atoms with E-state index in [1.54, 1.807) is 48.5 Å². The number of carbonyl (C=O) groups is 2. The summed E-state index contributed by atoms with van der Waals surface area (Å²) < 4.78 is 0. The molecular weight excluding hydrogens is 346 g/mol. The van der Waals surface area contributed by atoms with Crippen LogP contribution in [0, 0.1) is 0 Å². The molecule has 2 aromatic carbocycles. The minimum absolute atomic E-state index is 0.0532. The molecule has 0 unspecified atom stereocenters. The molecule has 2 amide bonds. The van der Waals surface area contributed by atoms with Crippen molar-refractivity contribution in [3.8, 4) is 0 Å². The first-order chi connectivity index (χ1) is 11.5. The topological polar surface area (TPSA) is 84.2 Å². The zero-order chi connectivity index (χ0) is 17.5. The van der Waals surface area contributed by atoms with Gasteiger partial charge in [0.05, 0.1) is 11.3 Å². The summed E-state index contributed by atoms with van der Waals surface area (Å²) in [5.41, 5.74) is 6.70. The molecule has 0 aliphatic carbocycles. The molecule has 0 saturated heterocycles. The Morgan fingerprint density at radius 2 is 1.75 bits per heavy atom. The average Bonchev–Trinajstić information content (AvgIpc) is 2.54. The van der Waals surface area contributed by atoms with Crippen molar-refractivity contribution in [2.24, 2.45) is 5.73 Å². The van der Waals surface area contributed by atoms with E-state index in [0.717, 1.165) is 0 Å². The average molecular weight is 360 g/mol. The van der Waals surface area contributed by atoms with Gasteiger partial charge in [0.25, 0.3) is 5.91 Å². The van der Waals surface area contributed by atoms with Crippen LogP contribution in [0.15, 0.2) is 54.6 Å². The summed E-state index contributed by atoms with van der Waals surface area (Å²) in [6.45, 7) is 0. The lowest BCUT2D eigenvalue weighted by Crippen LogP contribution is -2.33. The van der Waals surface area contributed by atoms with Gasteiger partial charge in [-0.1, -0.05) is 41.9 Å². The van der Waals surface area contributed by atoms with Crippen molar-refractivity contribution < 1.29 is 9.59 Å². The fraction of sp³-hybridized carbons (Fsp3) is 0. The second-order valence-corrected chi connectivity index (χ2v) is 5.52. The molecule has 5 nitrogen and oxygen atoms in total. The van der Waals surface area contributed by atoms with Crippen LogP contribution in [0.3, 0.4) is 0 Å². The van der Waals surface area contributed by atoms with E-state index >= 15 is 0 Å². The number of halogens is 1. The van der Waals surface area contributed by atoms with Gasteiger partial charge in [-0.3, -0.25) is 14.9 Å². The zero-order valence-electron chi connectivity index (χ0n) is 12.5. The van der Waals surface area contributed by atoms with E-state index in [4.69, 9.17) is 29.6 Å². The van der Waals surface area contributed by atoms with Crippen LogP contribution in [0.5, 0.6) is 0 Å². The number of thiocarbonyl (C=S) groups is 1. The lowest BCUT2D eigenvalue weighted by Gasteiger charge is -2.10. The number of rotatable bonds is 4. The number of carbonyl (C=O) groups excluding carboxylic acids is 2. The number of nitrogens with one attached hydrogen (secondary N) is 2. The van der Waals surface area contributed by atoms with E-state index in [9.17, 15) is 9.59 Å². The van der Waals surface area contributed by atoms with Crippen LogP contribution in [0.1, 0.15) is 15.9 Å². The standard InChI is InChI=1S/C17H14ClN3O2S/c18-13-7-3-1-5-11(13)9-10-15(22)21-17(24)20-14-8-4-2-6-12(14)16(19)23/h1-10H,(H2,19,23)(H2,20,21,22,24)/b10-9+. The van der Waals surface area contributed by atoms with Crippen molar-refractivity contribution in [3.05, 3.63) is 70.8 Å². The molecule has 24 heavy (non-hydrogen) atoms. The fourth-order valence-electron chi connectivity index (χ4n) is 1.89. The number of nitrogens with two attached hydrogens (primary N) is 1. The predicted molar refractivity (Wildman–Crippen MR) is 99.8 cm³/mol. The Morgan fingerprint density at radius 3 is 2.46 bits per heavy atom. The molecule has 122 valence electrons.